The molecule has 5 rings (SSSR count). The predicted octanol–water partition coefficient (Wildman–Crippen LogP) is 4.73. The molecule has 156 valence electrons. The van der Waals surface area contributed by atoms with Crippen molar-refractivity contribution < 1.29 is 9.53 Å². The predicted molar refractivity (Wildman–Crippen MR) is 122 cm³/mol. The molecule has 2 aliphatic heterocycles. The maximum Gasteiger partial charge on any atom is 0.223 e. The van der Waals surface area contributed by atoms with E-state index in [9.17, 15) is 4.79 Å². The Bertz CT molecular complexity index is 1080. The molecular formula is C24H27N3O2S. The molecular weight excluding hydrogens is 394 g/mol. The van der Waals surface area contributed by atoms with Gasteiger partial charge in [-0.2, -0.15) is 0 Å². The van der Waals surface area contributed by atoms with Gasteiger partial charge in [0.25, 0.3) is 0 Å². The maximum absolute atomic E-state index is 13.0. The molecule has 0 radical (unpaired) electrons. The first-order chi connectivity index (χ1) is 14.6. The highest BCUT2D eigenvalue weighted by Crippen LogP contribution is 2.43. The third-order valence-electron chi connectivity index (χ3n) is 6.59. The fraction of sp³-hybridized carbons (Fsp3) is 0.417. The molecule has 3 heterocycles. The summed E-state index contributed by atoms with van der Waals surface area (Å²) in [5.41, 5.74) is 4.85. The summed E-state index contributed by atoms with van der Waals surface area (Å²) in [7, 11) is 3.86. The summed E-state index contributed by atoms with van der Waals surface area (Å²) in [6.07, 6.45) is 3.40. The number of hydrogen-bond acceptors (Lipinski definition) is 5. The number of likely N-dealkylation sites (N-methyl/N-ethyl adjacent to an activating group) is 1. The number of carbonyl (C=O) groups is 1. The first-order valence-corrected chi connectivity index (χ1v) is 11.4. The van der Waals surface area contributed by atoms with E-state index in [1.54, 1.807) is 18.4 Å². The molecule has 0 saturated carbocycles. The number of benzene rings is 2. The molecule has 6 heteroatoms. The molecule has 0 aliphatic carbocycles. The maximum atomic E-state index is 13.0. The van der Waals surface area contributed by atoms with Crippen molar-refractivity contribution in [3.63, 3.8) is 0 Å². The van der Waals surface area contributed by atoms with Crippen LogP contribution in [0, 0.1) is 6.92 Å². The lowest BCUT2D eigenvalue weighted by Gasteiger charge is -2.44. The molecule has 2 aromatic carbocycles. The van der Waals surface area contributed by atoms with Crippen LogP contribution in [-0.2, 0) is 11.2 Å². The van der Waals surface area contributed by atoms with E-state index in [1.807, 2.05) is 6.07 Å². The van der Waals surface area contributed by atoms with E-state index in [0.29, 0.717) is 6.42 Å². The molecule has 3 aromatic rings. The molecule has 0 bridgehead atoms. The van der Waals surface area contributed by atoms with Gasteiger partial charge in [0.05, 0.1) is 29.4 Å². The van der Waals surface area contributed by atoms with Crippen molar-refractivity contribution in [3.8, 4) is 5.75 Å². The average Bonchev–Trinajstić information content (AvgIpc) is 3.12. The number of aryl methyl sites for hydroxylation is 1. The molecule has 2 atom stereocenters. The Morgan fingerprint density at radius 3 is 2.87 bits per heavy atom. The van der Waals surface area contributed by atoms with E-state index >= 15 is 0 Å². The van der Waals surface area contributed by atoms with Crippen LogP contribution in [0.5, 0.6) is 5.75 Å². The quantitative estimate of drug-likeness (QED) is 0.613. The van der Waals surface area contributed by atoms with Gasteiger partial charge in [-0.3, -0.25) is 4.79 Å². The van der Waals surface area contributed by atoms with Gasteiger partial charge in [0, 0.05) is 20.0 Å². The molecule has 0 spiro atoms. The van der Waals surface area contributed by atoms with Crippen molar-refractivity contribution in [1.82, 2.24) is 9.88 Å². The standard InChI is InChI=1S/C24H27N3O2S/c1-15-13-17(29-3)14-16-11-12-27-21(28)10-6-8-19(23(27)22(15)16)26(2)24-25-18-7-4-5-9-20(18)30-24/h4-5,7,9,13-14,19,23H,6,8,10-12H2,1-3H3. The van der Waals surface area contributed by atoms with E-state index in [0.717, 1.165) is 42.2 Å². The Morgan fingerprint density at radius 2 is 2.07 bits per heavy atom. The Balaban J connectivity index is 1.61. The molecule has 1 amide bonds. The number of aromatic nitrogens is 1. The Morgan fingerprint density at radius 1 is 1.23 bits per heavy atom. The first-order valence-electron chi connectivity index (χ1n) is 10.6. The van der Waals surface area contributed by atoms with Gasteiger partial charge in [-0.25, -0.2) is 4.98 Å². The monoisotopic (exact) mass is 421 g/mol. The highest BCUT2D eigenvalue weighted by Gasteiger charge is 2.41. The normalized spacial score (nSPS) is 21.2. The molecule has 1 fully saturated rings. The van der Waals surface area contributed by atoms with Crippen molar-refractivity contribution in [2.75, 3.05) is 25.6 Å². The lowest BCUT2D eigenvalue weighted by Crippen LogP contribution is -2.49. The van der Waals surface area contributed by atoms with Crippen molar-refractivity contribution in [1.29, 1.82) is 0 Å². The van der Waals surface area contributed by atoms with Crippen molar-refractivity contribution >= 4 is 32.6 Å². The van der Waals surface area contributed by atoms with Gasteiger partial charge < -0.3 is 14.5 Å². The van der Waals surface area contributed by atoms with Crippen LogP contribution in [0.3, 0.4) is 0 Å². The Labute approximate surface area is 181 Å². The Hall–Kier alpha value is -2.60. The first kappa shape index (κ1) is 19.4. The van der Waals surface area contributed by atoms with Gasteiger partial charge in [0.2, 0.25) is 5.91 Å². The number of fused-ring (bicyclic) bond motifs is 4. The molecule has 1 aromatic heterocycles. The molecule has 2 aliphatic rings. The van der Waals surface area contributed by atoms with E-state index in [4.69, 9.17) is 9.72 Å². The van der Waals surface area contributed by atoms with E-state index < -0.39 is 0 Å². The molecule has 2 unspecified atom stereocenters. The SMILES string of the molecule is COc1cc(C)c2c(c1)CCN1C(=O)CCCC(N(C)c3nc4ccccc4s3)C21. The minimum Gasteiger partial charge on any atom is -0.497 e. The second kappa shape index (κ2) is 7.58. The summed E-state index contributed by atoms with van der Waals surface area (Å²) in [5.74, 6) is 1.18. The van der Waals surface area contributed by atoms with Crippen LogP contribution < -0.4 is 9.64 Å². The van der Waals surface area contributed by atoms with Crippen LogP contribution in [0.15, 0.2) is 36.4 Å². The average molecular weight is 422 g/mol. The van der Waals surface area contributed by atoms with E-state index in [1.165, 1.54) is 21.4 Å². The molecule has 30 heavy (non-hydrogen) atoms. The molecule has 0 N–H and O–H groups in total. The summed E-state index contributed by atoms with van der Waals surface area (Å²) in [6.45, 7) is 2.92. The van der Waals surface area contributed by atoms with Gasteiger partial charge >= 0.3 is 0 Å². The van der Waals surface area contributed by atoms with Gasteiger partial charge in [-0.05, 0) is 67.1 Å². The number of methoxy groups -OCH3 is 1. The minimum absolute atomic E-state index is 0.0478. The Kier molecular flexibility index (Phi) is 4.89. The number of anilines is 1. The smallest absolute Gasteiger partial charge is 0.223 e. The number of nitrogens with zero attached hydrogens (tertiary/aromatic N) is 3. The molecule has 5 nitrogen and oxygen atoms in total. The van der Waals surface area contributed by atoms with Gasteiger partial charge in [-0.1, -0.05) is 23.5 Å². The van der Waals surface area contributed by atoms with Crippen LogP contribution in [-0.4, -0.2) is 42.5 Å². The lowest BCUT2D eigenvalue weighted by atomic mass is 9.84. The minimum atomic E-state index is 0.0478. The number of rotatable bonds is 3. The zero-order valence-electron chi connectivity index (χ0n) is 17.7. The summed E-state index contributed by atoms with van der Waals surface area (Å²) in [4.78, 5) is 22.4. The van der Waals surface area contributed by atoms with Crippen LogP contribution in [0.1, 0.15) is 42.0 Å². The van der Waals surface area contributed by atoms with E-state index in [2.05, 4.69) is 54.1 Å². The van der Waals surface area contributed by atoms with Gasteiger partial charge in [0.1, 0.15) is 5.75 Å². The second-order valence-corrected chi connectivity index (χ2v) is 9.34. The third kappa shape index (κ3) is 3.14. The topological polar surface area (TPSA) is 45.7 Å². The number of hydrogen-bond donors (Lipinski definition) is 0. The fourth-order valence-electron chi connectivity index (χ4n) is 5.12. The largest absolute Gasteiger partial charge is 0.497 e. The van der Waals surface area contributed by atoms with Crippen LogP contribution >= 0.6 is 11.3 Å². The second-order valence-electron chi connectivity index (χ2n) is 8.33. The number of thiazole rings is 1. The third-order valence-corrected chi connectivity index (χ3v) is 7.72. The summed E-state index contributed by atoms with van der Waals surface area (Å²) >= 11 is 1.73. The summed E-state index contributed by atoms with van der Waals surface area (Å²) in [6, 6.07) is 12.8. The van der Waals surface area contributed by atoms with Crippen molar-refractivity contribution in [3.05, 3.63) is 53.1 Å². The number of carbonyl (C=O) groups excluding carboxylic acids is 1. The number of para-hydroxylation sites is 1. The molecule has 1 saturated heterocycles. The summed E-state index contributed by atoms with van der Waals surface area (Å²) in [5, 5.41) is 1.02. The highest BCUT2D eigenvalue weighted by atomic mass is 32.1. The fourth-order valence-corrected chi connectivity index (χ4v) is 6.11. The van der Waals surface area contributed by atoms with E-state index in [-0.39, 0.29) is 18.0 Å². The number of amides is 1. The highest BCUT2D eigenvalue weighted by molar-refractivity contribution is 7.22. The van der Waals surface area contributed by atoms with Crippen LogP contribution in [0.25, 0.3) is 10.2 Å². The lowest BCUT2D eigenvalue weighted by molar-refractivity contribution is -0.133. The summed E-state index contributed by atoms with van der Waals surface area (Å²) < 4.78 is 6.72. The van der Waals surface area contributed by atoms with Gasteiger partial charge in [-0.15, -0.1) is 0 Å². The van der Waals surface area contributed by atoms with Crippen molar-refractivity contribution in [2.24, 2.45) is 0 Å². The van der Waals surface area contributed by atoms with Crippen molar-refractivity contribution in [2.45, 2.75) is 44.7 Å². The van der Waals surface area contributed by atoms with Crippen LogP contribution in [0.4, 0.5) is 5.13 Å². The van der Waals surface area contributed by atoms with Gasteiger partial charge in [0.15, 0.2) is 5.13 Å². The van der Waals surface area contributed by atoms with Crippen LogP contribution in [0.2, 0.25) is 0 Å². The zero-order valence-corrected chi connectivity index (χ0v) is 18.5. The zero-order chi connectivity index (χ0) is 20.8. The number of ether oxygens (including phenoxy) is 1.